The van der Waals surface area contributed by atoms with Crippen LogP contribution in [-0.2, 0) is 19.1 Å². The zero-order chi connectivity index (χ0) is 17.7. The van der Waals surface area contributed by atoms with Gasteiger partial charge in [-0.05, 0) is 44.7 Å². The monoisotopic (exact) mass is 332 g/mol. The second-order valence-corrected chi connectivity index (χ2v) is 6.06. The first-order valence-electron chi connectivity index (χ1n) is 8.27. The summed E-state index contributed by atoms with van der Waals surface area (Å²) < 4.78 is 5.02. The number of nitrogens with one attached hydrogen (secondary N) is 1. The topological polar surface area (TPSA) is 75.7 Å². The SMILES string of the molecule is CCOC(=O)C1CCCN(C(=O)C(=O)Nc2c(C)cccc2C)C1. The van der Waals surface area contributed by atoms with Crippen molar-refractivity contribution in [2.24, 2.45) is 5.92 Å². The normalized spacial score (nSPS) is 17.3. The fraction of sp³-hybridized carbons (Fsp3) is 0.500. The number of anilines is 1. The Balaban J connectivity index is 2.02. The molecule has 0 aromatic heterocycles. The Labute approximate surface area is 142 Å². The third-order valence-corrected chi connectivity index (χ3v) is 4.24. The smallest absolute Gasteiger partial charge is 0.313 e. The zero-order valence-corrected chi connectivity index (χ0v) is 14.4. The molecule has 0 spiro atoms. The van der Waals surface area contributed by atoms with Crippen LogP contribution in [0.1, 0.15) is 30.9 Å². The van der Waals surface area contributed by atoms with E-state index in [1.54, 1.807) is 6.92 Å². The van der Waals surface area contributed by atoms with Gasteiger partial charge < -0.3 is 15.0 Å². The van der Waals surface area contributed by atoms with Gasteiger partial charge in [-0.2, -0.15) is 0 Å². The van der Waals surface area contributed by atoms with Gasteiger partial charge in [0.2, 0.25) is 0 Å². The van der Waals surface area contributed by atoms with Crippen molar-refractivity contribution >= 4 is 23.5 Å². The number of benzene rings is 1. The van der Waals surface area contributed by atoms with Crippen molar-refractivity contribution < 1.29 is 19.1 Å². The van der Waals surface area contributed by atoms with E-state index in [9.17, 15) is 14.4 Å². The first-order valence-corrected chi connectivity index (χ1v) is 8.27. The molecule has 1 saturated heterocycles. The maximum atomic E-state index is 12.4. The molecular formula is C18H24N2O4. The lowest BCUT2D eigenvalue weighted by Gasteiger charge is -2.31. The van der Waals surface area contributed by atoms with Crippen molar-refractivity contribution in [2.75, 3.05) is 25.0 Å². The number of carbonyl (C=O) groups is 3. The molecule has 1 aromatic carbocycles. The molecule has 0 radical (unpaired) electrons. The van der Waals surface area contributed by atoms with E-state index in [2.05, 4.69) is 5.32 Å². The van der Waals surface area contributed by atoms with Gasteiger partial charge in [-0.3, -0.25) is 14.4 Å². The average molecular weight is 332 g/mol. The number of aryl methyl sites for hydroxylation is 2. The lowest BCUT2D eigenvalue weighted by Crippen LogP contribution is -2.47. The number of hydrogen-bond donors (Lipinski definition) is 1. The Morgan fingerprint density at radius 2 is 1.92 bits per heavy atom. The van der Waals surface area contributed by atoms with Crippen LogP contribution in [-0.4, -0.2) is 42.4 Å². The van der Waals surface area contributed by atoms with Crippen LogP contribution in [0.5, 0.6) is 0 Å². The molecule has 2 rings (SSSR count). The highest BCUT2D eigenvalue weighted by Crippen LogP contribution is 2.21. The minimum Gasteiger partial charge on any atom is -0.466 e. The minimum absolute atomic E-state index is 0.234. The number of carbonyl (C=O) groups excluding carboxylic acids is 3. The molecule has 1 aromatic rings. The Kier molecular flexibility index (Phi) is 5.95. The Morgan fingerprint density at radius 1 is 1.25 bits per heavy atom. The number of rotatable bonds is 3. The van der Waals surface area contributed by atoms with Crippen LogP contribution in [0.25, 0.3) is 0 Å². The molecule has 24 heavy (non-hydrogen) atoms. The number of nitrogens with zero attached hydrogens (tertiary/aromatic N) is 1. The second kappa shape index (κ2) is 7.95. The minimum atomic E-state index is -0.670. The molecule has 1 aliphatic heterocycles. The highest BCUT2D eigenvalue weighted by molar-refractivity contribution is 6.39. The zero-order valence-electron chi connectivity index (χ0n) is 14.4. The van der Waals surface area contributed by atoms with E-state index in [1.807, 2.05) is 32.0 Å². The van der Waals surface area contributed by atoms with Crippen LogP contribution >= 0.6 is 0 Å². The predicted molar refractivity (Wildman–Crippen MR) is 90.5 cm³/mol. The van der Waals surface area contributed by atoms with Gasteiger partial charge in [0.25, 0.3) is 0 Å². The van der Waals surface area contributed by atoms with E-state index in [4.69, 9.17) is 4.74 Å². The third kappa shape index (κ3) is 4.13. The Hall–Kier alpha value is -2.37. The second-order valence-electron chi connectivity index (χ2n) is 6.06. The van der Waals surface area contributed by atoms with Crippen molar-refractivity contribution in [1.82, 2.24) is 4.90 Å². The quantitative estimate of drug-likeness (QED) is 0.679. The van der Waals surface area contributed by atoms with Crippen LogP contribution < -0.4 is 5.32 Å². The Bertz CT molecular complexity index is 622. The number of piperidine rings is 1. The molecule has 6 heteroatoms. The highest BCUT2D eigenvalue weighted by atomic mass is 16.5. The fourth-order valence-corrected chi connectivity index (χ4v) is 2.94. The number of hydrogen-bond acceptors (Lipinski definition) is 4. The van der Waals surface area contributed by atoms with Crippen molar-refractivity contribution in [3.63, 3.8) is 0 Å². The van der Waals surface area contributed by atoms with Gasteiger partial charge in [-0.1, -0.05) is 18.2 Å². The van der Waals surface area contributed by atoms with Gasteiger partial charge in [-0.25, -0.2) is 0 Å². The van der Waals surface area contributed by atoms with Gasteiger partial charge in [-0.15, -0.1) is 0 Å². The summed E-state index contributed by atoms with van der Waals surface area (Å²) in [6.07, 6.45) is 1.37. The van der Waals surface area contributed by atoms with Crippen molar-refractivity contribution in [2.45, 2.75) is 33.6 Å². The van der Waals surface area contributed by atoms with Gasteiger partial charge in [0, 0.05) is 18.8 Å². The average Bonchev–Trinajstić information content (AvgIpc) is 2.57. The summed E-state index contributed by atoms with van der Waals surface area (Å²) in [5, 5.41) is 2.70. The molecule has 0 saturated carbocycles. The standard InChI is InChI=1S/C18H24N2O4/c1-4-24-18(23)14-9-6-10-20(11-14)17(22)16(21)19-15-12(2)7-5-8-13(15)3/h5,7-8,14H,4,6,9-11H2,1-3H3,(H,19,21). The molecule has 2 amide bonds. The number of esters is 1. The van der Waals surface area contributed by atoms with Crippen molar-refractivity contribution in [1.29, 1.82) is 0 Å². The molecule has 1 heterocycles. The van der Waals surface area contributed by atoms with Crippen molar-refractivity contribution in [3.05, 3.63) is 29.3 Å². The molecule has 1 atom stereocenters. The summed E-state index contributed by atoms with van der Waals surface area (Å²) in [7, 11) is 0. The van der Waals surface area contributed by atoms with Crippen molar-refractivity contribution in [3.8, 4) is 0 Å². The van der Waals surface area contributed by atoms with Gasteiger partial charge >= 0.3 is 17.8 Å². The van der Waals surface area contributed by atoms with Gasteiger partial charge in [0.05, 0.1) is 12.5 Å². The van der Waals surface area contributed by atoms with Gasteiger partial charge in [0.15, 0.2) is 0 Å². The van der Waals surface area contributed by atoms with E-state index in [1.165, 1.54) is 4.90 Å². The fourth-order valence-electron chi connectivity index (χ4n) is 2.94. The maximum absolute atomic E-state index is 12.4. The van der Waals surface area contributed by atoms with Crippen LogP contribution in [0.2, 0.25) is 0 Å². The summed E-state index contributed by atoms with van der Waals surface area (Å²) in [4.78, 5) is 38.0. The largest absolute Gasteiger partial charge is 0.466 e. The summed E-state index contributed by atoms with van der Waals surface area (Å²) in [6, 6.07) is 5.66. The molecule has 0 aliphatic carbocycles. The summed E-state index contributed by atoms with van der Waals surface area (Å²) in [5.41, 5.74) is 2.47. The molecule has 1 N–H and O–H groups in total. The van der Waals surface area contributed by atoms with E-state index >= 15 is 0 Å². The van der Waals surface area contributed by atoms with Gasteiger partial charge in [0.1, 0.15) is 0 Å². The lowest BCUT2D eigenvalue weighted by atomic mass is 9.98. The Morgan fingerprint density at radius 3 is 2.54 bits per heavy atom. The van der Waals surface area contributed by atoms with Crippen LogP contribution in [0.3, 0.4) is 0 Å². The number of ether oxygens (including phenoxy) is 1. The van der Waals surface area contributed by atoms with E-state index in [0.717, 1.165) is 11.1 Å². The summed E-state index contributed by atoms with van der Waals surface area (Å²) >= 11 is 0. The molecular weight excluding hydrogens is 308 g/mol. The molecule has 6 nitrogen and oxygen atoms in total. The molecule has 1 aliphatic rings. The number of likely N-dealkylation sites (tertiary alicyclic amines) is 1. The van der Waals surface area contributed by atoms with Crippen LogP contribution in [0, 0.1) is 19.8 Å². The molecule has 1 fully saturated rings. The highest BCUT2D eigenvalue weighted by Gasteiger charge is 2.32. The predicted octanol–water partition coefficient (Wildman–Crippen LogP) is 2.04. The summed E-state index contributed by atoms with van der Waals surface area (Å²) in [6.45, 7) is 6.54. The lowest BCUT2D eigenvalue weighted by molar-refractivity contribution is -0.153. The summed E-state index contributed by atoms with van der Waals surface area (Å²) in [5.74, 6) is -1.93. The van der Waals surface area contributed by atoms with Crippen LogP contribution in [0.15, 0.2) is 18.2 Å². The number of amides is 2. The molecule has 130 valence electrons. The first-order chi connectivity index (χ1) is 11.4. The maximum Gasteiger partial charge on any atom is 0.313 e. The van der Waals surface area contributed by atoms with E-state index < -0.39 is 11.8 Å². The molecule has 0 bridgehead atoms. The van der Waals surface area contributed by atoms with Crippen LogP contribution in [0.4, 0.5) is 5.69 Å². The number of para-hydroxylation sites is 1. The van der Waals surface area contributed by atoms with E-state index in [0.29, 0.717) is 31.7 Å². The first kappa shape index (κ1) is 18.0. The molecule has 1 unspecified atom stereocenters. The third-order valence-electron chi connectivity index (χ3n) is 4.24. The van der Waals surface area contributed by atoms with E-state index in [-0.39, 0.29) is 18.4 Å².